The van der Waals surface area contributed by atoms with Crippen LogP contribution in [-0.2, 0) is 7.05 Å². The molecule has 1 fully saturated rings. The van der Waals surface area contributed by atoms with Gasteiger partial charge in [-0.25, -0.2) is 4.68 Å². The van der Waals surface area contributed by atoms with Crippen molar-refractivity contribution < 1.29 is 0 Å². The maximum absolute atomic E-state index is 5.99. The van der Waals surface area contributed by atoms with E-state index in [0.29, 0.717) is 35.0 Å². The van der Waals surface area contributed by atoms with Crippen molar-refractivity contribution in [3.05, 3.63) is 30.3 Å². The molecule has 3 aromatic rings. The molecule has 1 saturated carbocycles. The molecule has 0 spiro atoms. The predicted molar refractivity (Wildman–Crippen MR) is 97.7 cm³/mol. The number of nitrogens with zero attached hydrogens (tertiary/aromatic N) is 5. The van der Waals surface area contributed by atoms with Crippen molar-refractivity contribution >= 4 is 28.6 Å². The highest BCUT2D eigenvalue weighted by Gasteiger charge is 2.20. The topological polar surface area (TPSA) is 107 Å². The lowest BCUT2D eigenvalue weighted by Crippen LogP contribution is -2.33. The number of nitrogens with one attached hydrogen (secondary N) is 2. The van der Waals surface area contributed by atoms with Crippen LogP contribution in [0.3, 0.4) is 0 Å². The van der Waals surface area contributed by atoms with Gasteiger partial charge in [0.25, 0.3) is 0 Å². The number of benzene rings is 1. The summed E-state index contributed by atoms with van der Waals surface area (Å²) in [5.74, 6) is 1.25. The molecule has 0 saturated heterocycles. The van der Waals surface area contributed by atoms with Crippen LogP contribution in [0.15, 0.2) is 30.3 Å². The SMILES string of the molecule is Cn1nnc2c(Nc3ccccc3)nc(NC3CCC(N)CC3)nc21. The summed E-state index contributed by atoms with van der Waals surface area (Å²) in [5, 5.41) is 15.0. The third-order valence-electron chi connectivity index (χ3n) is 4.59. The monoisotopic (exact) mass is 338 g/mol. The van der Waals surface area contributed by atoms with Crippen LogP contribution in [0.2, 0.25) is 0 Å². The molecule has 1 aliphatic rings. The Kier molecular flexibility index (Phi) is 4.19. The van der Waals surface area contributed by atoms with Gasteiger partial charge in [0.15, 0.2) is 17.0 Å². The highest BCUT2D eigenvalue weighted by atomic mass is 15.4. The van der Waals surface area contributed by atoms with E-state index in [4.69, 9.17) is 5.73 Å². The Morgan fingerprint density at radius 3 is 2.60 bits per heavy atom. The summed E-state index contributed by atoms with van der Waals surface area (Å²) in [6.45, 7) is 0. The zero-order chi connectivity index (χ0) is 17.2. The van der Waals surface area contributed by atoms with Crippen LogP contribution in [0.1, 0.15) is 25.7 Å². The third-order valence-corrected chi connectivity index (χ3v) is 4.59. The van der Waals surface area contributed by atoms with Crippen molar-refractivity contribution in [1.82, 2.24) is 25.0 Å². The minimum atomic E-state index is 0.318. The summed E-state index contributed by atoms with van der Waals surface area (Å²) in [6, 6.07) is 10.6. The van der Waals surface area contributed by atoms with Crippen LogP contribution in [0.4, 0.5) is 17.5 Å². The van der Waals surface area contributed by atoms with Gasteiger partial charge in [-0.15, -0.1) is 5.10 Å². The first kappa shape index (κ1) is 15.8. The highest BCUT2D eigenvalue weighted by Crippen LogP contribution is 2.25. The Morgan fingerprint density at radius 2 is 1.84 bits per heavy atom. The normalized spacial score (nSPS) is 20.6. The molecule has 25 heavy (non-hydrogen) atoms. The minimum Gasteiger partial charge on any atom is -0.351 e. The largest absolute Gasteiger partial charge is 0.351 e. The fourth-order valence-corrected chi connectivity index (χ4v) is 3.17. The van der Waals surface area contributed by atoms with E-state index in [1.807, 2.05) is 37.4 Å². The summed E-state index contributed by atoms with van der Waals surface area (Å²) < 4.78 is 1.66. The van der Waals surface area contributed by atoms with E-state index in [1.165, 1.54) is 0 Å². The maximum atomic E-state index is 5.99. The lowest BCUT2D eigenvalue weighted by molar-refractivity contribution is 0.410. The van der Waals surface area contributed by atoms with Crippen molar-refractivity contribution in [2.45, 2.75) is 37.8 Å². The first-order valence-corrected chi connectivity index (χ1v) is 8.60. The lowest BCUT2D eigenvalue weighted by Gasteiger charge is -2.26. The molecule has 0 bridgehead atoms. The number of para-hydroxylation sites is 1. The zero-order valence-electron chi connectivity index (χ0n) is 14.2. The molecule has 1 aromatic carbocycles. The molecule has 1 aliphatic carbocycles. The van der Waals surface area contributed by atoms with Gasteiger partial charge in [0.2, 0.25) is 5.95 Å². The number of hydrogen-bond donors (Lipinski definition) is 3. The Labute approximate surface area is 145 Å². The highest BCUT2D eigenvalue weighted by molar-refractivity contribution is 5.85. The standard InChI is InChI=1S/C17H22N8/c1-25-16-14(23-24-25)15(19-12-5-3-2-4-6-12)21-17(22-16)20-13-9-7-11(18)8-10-13/h2-6,11,13H,7-10,18H2,1H3,(H2,19,20,21,22). The summed E-state index contributed by atoms with van der Waals surface area (Å²) in [6.07, 6.45) is 4.13. The van der Waals surface area contributed by atoms with Gasteiger partial charge in [-0.1, -0.05) is 23.4 Å². The lowest BCUT2D eigenvalue weighted by atomic mass is 9.92. The average molecular weight is 338 g/mol. The molecule has 4 N–H and O–H groups in total. The molecular formula is C17H22N8. The van der Waals surface area contributed by atoms with Crippen LogP contribution < -0.4 is 16.4 Å². The second-order valence-corrected chi connectivity index (χ2v) is 6.53. The van der Waals surface area contributed by atoms with Gasteiger partial charge < -0.3 is 16.4 Å². The number of nitrogens with two attached hydrogens (primary N) is 1. The zero-order valence-corrected chi connectivity index (χ0v) is 14.2. The maximum Gasteiger partial charge on any atom is 0.227 e. The van der Waals surface area contributed by atoms with E-state index in [0.717, 1.165) is 31.4 Å². The van der Waals surface area contributed by atoms with Gasteiger partial charge in [-0.05, 0) is 37.8 Å². The fraction of sp³-hybridized carbons (Fsp3) is 0.412. The predicted octanol–water partition coefficient (Wildman–Crippen LogP) is 2.18. The quantitative estimate of drug-likeness (QED) is 0.669. The molecule has 0 aliphatic heterocycles. The van der Waals surface area contributed by atoms with Crippen molar-refractivity contribution in [3.8, 4) is 0 Å². The molecule has 0 amide bonds. The van der Waals surface area contributed by atoms with Crippen LogP contribution in [0.25, 0.3) is 11.2 Å². The Bertz CT molecular complexity index is 852. The first-order chi connectivity index (χ1) is 12.2. The van der Waals surface area contributed by atoms with Crippen molar-refractivity contribution in [2.75, 3.05) is 10.6 Å². The molecule has 2 aromatic heterocycles. The summed E-state index contributed by atoms with van der Waals surface area (Å²) in [7, 11) is 1.83. The summed E-state index contributed by atoms with van der Waals surface area (Å²) in [5.41, 5.74) is 8.29. The Morgan fingerprint density at radius 1 is 1.08 bits per heavy atom. The molecule has 8 heteroatoms. The number of hydrogen-bond acceptors (Lipinski definition) is 7. The number of aryl methyl sites for hydroxylation is 1. The van der Waals surface area contributed by atoms with Gasteiger partial charge in [0, 0.05) is 24.8 Å². The molecule has 0 unspecified atom stereocenters. The molecule has 2 heterocycles. The van der Waals surface area contributed by atoms with Crippen molar-refractivity contribution in [2.24, 2.45) is 12.8 Å². The van der Waals surface area contributed by atoms with E-state index in [1.54, 1.807) is 4.68 Å². The third kappa shape index (κ3) is 3.39. The Hall–Kier alpha value is -2.74. The number of aromatic nitrogens is 5. The first-order valence-electron chi connectivity index (χ1n) is 8.60. The van der Waals surface area contributed by atoms with Gasteiger partial charge >= 0.3 is 0 Å². The molecule has 130 valence electrons. The van der Waals surface area contributed by atoms with E-state index < -0.39 is 0 Å². The summed E-state index contributed by atoms with van der Waals surface area (Å²) >= 11 is 0. The van der Waals surface area contributed by atoms with Gasteiger partial charge in [0.1, 0.15) is 0 Å². The summed E-state index contributed by atoms with van der Waals surface area (Å²) in [4.78, 5) is 9.24. The van der Waals surface area contributed by atoms with Gasteiger partial charge in [-0.2, -0.15) is 9.97 Å². The molecule has 0 atom stereocenters. The average Bonchev–Trinajstić information content (AvgIpc) is 2.99. The fourth-order valence-electron chi connectivity index (χ4n) is 3.17. The van der Waals surface area contributed by atoms with Crippen molar-refractivity contribution in [3.63, 3.8) is 0 Å². The van der Waals surface area contributed by atoms with Crippen LogP contribution >= 0.6 is 0 Å². The molecule has 0 radical (unpaired) electrons. The second kappa shape index (κ2) is 6.64. The van der Waals surface area contributed by atoms with Gasteiger partial charge in [-0.3, -0.25) is 0 Å². The van der Waals surface area contributed by atoms with Crippen molar-refractivity contribution in [1.29, 1.82) is 0 Å². The van der Waals surface area contributed by atoms with E-state index in [2.05, 4.69) is 30.9 Å². The van der Waals surface area contributed by atoms with E-state index >= 15 is 0 Å². The Balaban J connectivity index is 1.64. The molecule has 4 rings (SSSR count). The van der Waals surface area contributed by atoms with Crippen LogP contribution in [-0.4, -0.2) is 37.0 Å². The minimum absolute atomic E-state index is 0.318. The van der Waals surface area contributed by atoms with Gasteiger partial charge in [0.05, 0.1) is 0 Å². The van der Waals surface area contributed by atoms with E-state index in [9.17, 15) is 0 Å². The van der Waals surface area contributed by atoms with E-state index in [-0.39, 0.29) is 0 Å². The smallest absolute Gasteiger partial charge is 0.227 e. The number of rotatable bonds is 4. The number of fused-ring (bicyclic) bond motifs is 1. The molecule has 8 nitrogen and oxygen atoms in total. The number of anilines is 3. The second-order valence-electron chi connectivity index (χ2n) is 6.53. The molecular weight excluding hydrogens is 316 g/mol. The van der Waals surface area contributed by atoms with Crippen LogP contribution in [0, 0.1) is 0 Å². The van der Waals surface area contributed by atoms with Crippen LogP contribution in [0.5, 0.6) is 0 Å².